The van der Waals surface area contributed by atoms with Crippen molar-refractivity contribution in [3.63, 3.8) is 0 Å². The number of nitrogens with two attached hydrogens (primary N) is 1. The number of benzene rings is 2. The van der Waals surface area contributed by atoms with Gasteiger partial charge in [0.1, 0.15) is 17.1 Å². The molecule has 1 saturated heterocycles. The Kier molecular flexibility index (Phi) is 6.47. The Morgan fingerprint density at radius 2 is 1.69 bits per heavy atom. The molecule has 1 amide bonds. The number of β-lactam (4-membered cyclic amide) rings is 1. The normalized spacial score (nSPS) is 20.5. The minimum absolute atomic E-state index is 0. The van der Waals surface area contributed by atoms with E-state index in [-0.39, 0.29) is 29.4 Å². The Bertz CT molecular complexity index is 910. The highest BCUT2D eigenvalue weighted by Crippen LogP contribution is 2.40. The number of allylic oxidation sites excluding steroid dienone is 1. The van der Waals surface area contributed by atoms with E-state index in [0.717, 1.165) is 11.1 Å². The van der Waals surface area contributed by atoms with E-state index < -0.39 is 18.1 Å². The number of rotatable bonds is 5. The van der Waals surface area contributed by atoms with Crippen molar-refractivity contribution in [2.24, 2.45) is 5.73 Å². The van der Waals surface area contributed by atoms with E-state index in [1.807, 2.05) is 60.7 Å². The van der Waals surface area contributed by atoms with Gasteiger partial charge in [0.25, 0.3) is 0 Å². The summed E-state index contributed by atoms with van der Waals surface area (Å²) in [4.78, 5) is 27.0. The molecule has 2 heterocycles. The van der Waals surface area contributed by atoms with E-state index in [2.05, 4.69) is 6.58 Å². The predicted molar refractivity (Wildman–Crippen MR) is 116 cm³/mol. The molecule has 2 aliphatic heterocycles. The van der Waals surface area contributed by atoms with Crippen LogP contribution in [-0.4, -0.2) is 33.9 Å². The maximum atomic E-state index is 13.2. The lowest BCUT2D eigenvalue weighted by molar-refractivity contribution is -0.153. The molecule has 1 unspecified atom stereocenters. The molecular formula is C22H21ClN2O3S. The lowest BCUT2D eigenvalue weighted by Gasteiger charge is -2.48. The first-order valence-corrected chi connectivity index (χ1v) is 10.0. The monoisotopic (exact) mass is 428 g/mol. The third-order valence-electron chi connectivity index (χ3n) is 4.91. The standard InChI is InChI=1S/C22H20N2O3S.ClH/c1-2-14-13-28-21-17(23)20(25)24(21)18(14)22(26)27-19(15-9-5-3-6-10-15)16-11-7-4-8-12-16;/h2-12,17,19,21H,1,13,23H2;1H/t17?,21-;/m0./s1. The highest BCUT2D eigenvalue weighted by Gasteiger charge is 2.52. The molecule has 0 aromatic heterocycles. The minimum atomic E-state index is -0.585. The van der Waals surface area contributed by atoms with Crippen molar-refractivity contribution in [1.29, 1.82) is 0 Å². The number of carbonyl (C=O) groups excluding carboxylic acids is 2. The molecule has 2 N–H and O–H groups in total. The maximum Gasteiger partial charge on any atom is 0.356 e. The molecule has 2 atom stereocenters. The van der Waals surface area contributed by atoms with Crippen LogP contribution in [0, 0.1) is 0 Å². The Morgan fingerprint density at radius 1 is 1.14 bits per heavy atom. The summed E-state index contributed by atoms with van der Waals surface area (Å²) in [6, 6.07) is 18.5. The Labute approximate surface area is 180 Å². The van der Waals surface area contributed by atoms with Crippen LogP contribution in [0.4, 0.5) is 0 Å². The van der Waals surface area contributed by atoms with Gasteiger partial charge >= 0.3 is 5.97 Å². The van der Waals surface area contributed by atoms with Gasteiger partial charge in [-0.1, -0.05) is 73.3 Å². The van der Waals surface area contributed by atoms with E-state index in [9.17, 15) is 9.59 Å². The number of hydrogen-bond donors (Lipinski definition) is 1. The van der Waals surface area contributed by atoms with Gasteiger partial charge < -0.3 is 10.5 Å². The second-order valence-electron chi connectivity index (χ2n) is 6.62. The molecule has 7 heteroatoms. The topological polar surface area (TPSA) is 72.6 Å². The zero-order valence-corrected chi connectivity index (χ0v) is 17.2. The lowest BCUT2D eigenvalue weighted by Crippen LogP contribution is -2.68. The van der Waals surface area contributed by atoms with Crippen LogP contribution < -0.4 is 5.73 Å². The number of nitrogens with zero attached hydrogens (tertiary/aromatic N) is 1. The molecule has 1 fully saturated rings. The molecular weight excluding hydrogens is 408 g/mol. The minimum Gasteiger partial charge on any atom is -0.448 e. The average Bonchev–Trinajstić information content (AvgIpc) is 2.76. The van der Waals surface area contributed by atoms with E-state index in [1.54, 1.807) is 6.08 Å². The molecule has 0 bridgehead atoms. The Balaban J connectivity index is 0.00000240. The van der Waals surface area contributed by atoms with Crippen LogP contribution in [0.5, 0.6) is 0 Å². The van der Waals surface area contributed by atoms with Gasteiger partial charge in [0.2, 0.25) is 5.91 Å². The molecule has 4 rings (SSSR count). The molecule has 0 spiro atoms. The van der Waals surface area contributed by atoms with Crippen LogP contribution >= 0.6 is 24.2 Å². The molecule has 2 aromatic rings. The van der Waals surface area contributed by atoms with Gasteiger partial charge in [0, 0.05) is 5.75 Å². The highest BCUT2D eigenvalue weighted by molar-refractivity contribution is 8.00. The molecule has 5 nitrogen and oxygen atoms in total. The van der Waals surface area contributed by atoms with Gasteiger partial charge in [-0.25, -0.2) is 4.79 Å². The Hall–Kier alpha value is -2.54. The SMILES string of the molecule is C=CC1=C(C(=O)OC(c2ccccc2)c2ccccc2)N2C(=O)C(N)[C@@H]2SC1.Cl. The number of thioether (sulfide) groups is 1. The number of hydrogen-bond acceptors (Lipinski definition) is 5. The summed E-state index contributed by atoms with van der Waals surface area (Å²) in [5, 5.41) is -0.231. The fraction of sp³-hybridized carbons (Fsp3) is 0.182. The van der Waals surface area contributed by atoms with Crippen molar-refractivity contribution in [3.8, 4) is 0 Å². The van der Waals surface area contributed by atoms with Crippen LogP contribution in [0.25, 0.3) is 0 Å². The molecule has 0 saturated carbocycles. The zero-order chi connectivity index (χ0) is 19.7. The van der Waals surface area contributed by atoms with Crippen LogP contribution in [0.3, 0.4) is 0 Å². The van der Waals surface area contributed by atoms with Gasteiger partial charge in [-0.15, -0.1) is 24.2 Å². The predicted octanol–water partition coefficient (Wildman–Crippen LogP) is 3.42. The molecule has 29 heavy (non-hydrogen) atoms. The van der Waals surface area contributed by atoms with Crippen LogP contribution in [0.2, 0.25) is 0 Å². The van der Waals surface area contributed by atoms with E-state index in [0.29, 0.717) is 11.3 Å². The molecule has 0 aliphatic carbocycles. The number of esters is 1. The number of amides is 1. The van der Waals surface area contributed by atoms with Crippen LogP contribution in [0.1, 0.15) is 17.2 Å². The van der Waals surface area contributed by atoms with Gasteiger partial charge in [-0.05, 0) is 16.7 Å². The fourth-order valence-corrected chi connectivity index (χ4v) is 4.72. The van der Waals surface area contributed by atoms with Gasteiger partial charge in [0.15, 0.2) is 6.10 Å². The molecule has 2 aliphatic rings. The summed E-state index contributed by atoms with van der Waals surface area (Å²) in [6.07, 6.45) is 1.03. The fourth-order valence-electron chi connectivity index (χ4n) is 3.43. The molecule has 0 radical (unpaired) electrons. The summed E-state index contributed by atoms with van der Waals surface area (Å²) >= 11 is 1.53. The molecule has 2 aromatic carbocycles. The zero-order valence-electron chi connectivity index (χ0n) is 15.6. The smallest absolute Gasteiger partial charge is 0.356 e. The van der Waals surface area contributed by atoms with E-state index in [4.69, 9.17) is 10.5 Å². The second kappa shape index (κ2) is 8.86. The largest absolute Gasteiger partial charge is 0.448 e. The van der Waals surface area contributed by atoms with E-state index >= 15 is 0 Å². The summed E-state index contributed by atoms with van der Waals surface area (Å²) in [6.45, 7) is 3.79. The highest BCUT2D eigenvalue weighted by atomic mass is 35.5. The maximum absolute atomic E-state index is 13.2. The van der Waals surface area contributed by atoms with Gasteiger partial charge in [-0.3, -0.25) is 9.69 Å². The summed E-state index contributed by atoms with van der Waals surface area (Å²) in [7, 11) is 0. The van der Waals surface area contributed by atoms with Crippen molar-refractivity contribution in [1.82, 2.24) is 4.90 Å². The number of ether oxygens (including phenoxy) is 1. The second-order valence-corrected chi connectivity index (χ2v) is 7.73. The third kappa shape index (κ3) is 3.83. The molecule has 150 valence electrons. The number of carbonyl (C=O) groups is 2. The van der Waals surface area contributed by atoms with Gasteiger partial charge in [-0.2, -0.15) is 0 Å². The van der Waals surface area contributed by atoms with Crippen molar-refractivity contribution in [2.75, 3.05) is 5.75 Å². The van der Waals surface area contributed by atoms with Crippen molar-refractivity contribution >= 4 is 36.0 Å². The number of halogens is 1. The van der Waals surface area contributed by atoms with Crippen molar-refractivity contribution in [3.05, 3.63) is 95.7 Å². The van der Waals surface area contributed by atoms with Crippen LogP contribution in [-0.2, 0) is 14.3 Å². The quantitative estimate of drug-likeness (QED) is 0.583. The average molecular weight is 429 g/mol. The van der Waals surface area contributed by atoms with Crippen molar-refractivity contribution in [2.45, 2.75) is 17.5 Å². The Morgan fingerprint density at radius 3 is 2.21 bits per heavy atom. The summed E-state index contributed by atoms with van der Waals surface area (Å²) < 4.78 is 5.94. The summed E-state index contributed by atoms with van der Waals surface area (Å²) in [5.74, 6) is -0.241. The third-order valence-corrected chi connectivity index (χ3v) is 6.23. The first-order valence-electron chi connectivity index (χ1n) is 8.98. The first-order chi connectivity index (χ1) is 13.6. The van der Waals surface area contributed by atoms with E-state index in [1.165, 1.54) is 16.7 Å². The van der Waals surface area contributed by atoms with Crippen molar-refractivity contribution < 1.29 is 14.3 Å². The lowest BCUT2D eigenvalue weighted by atomic mass is 10.0. The first kappa shape index (κ1) is 21.2. The summed E-state index contributed by atoms with van der Waals surface area (Å²) in [5.41, 5.74) is 8.55. The number of fused-ring (bicyclic) bond motifs is 1. The van der Waals surface area contributed by atoms with Gasteiger partial charge in [0.05, 0.1) is 0 Å². The van der Waals surface area contributed by atoms with Crippen LogP contribution in [0.15, 0.2) is 84.6 Å².